The van der Waals surface area contributed by atoms with Gasteiger partial charge < -0.3 is 10.6 Å². The lowest BCUT2D eigenvalue weighted by molar-refractivity contribution is 0.0623. The molecule has 2 atom stereocenters. The first-order chi connectivity index (χ1) is 8.06. The summed E-state index contributed by atoms with van der Waals surface area (Å²) in [5.41, 5.74) is 7.06. The van der Waals surface area contributed by atoms with E-state index in [0.29, 0.717) is 17.5 Å². The van der Waals surface area contributed by atoms with Crippen molar-refractivity contribution < 1.29 is 4.79 Å². The van der Waals surface area contributed by atoms with E-state index >= 15 is 0 Å². The van der Waals surface area contributed by atoms with Gasteiger partial charge in [0.1, 0.15) is 0 Å². The zero-order chi connectivity index (χ0) is 12.4. The lowest BCUT2D eigenvalue weighted by Gasteiger charge is -2.35. The van der Waals surface area contributed by atoms with E-state index in [2.05, 4.69) is 13.8 Å². The summed E-state index contributed by atoms with van der Waals surface area (Å²) in [6, 6.07) is 7.18. The van der Waals surface area contributed by atoms with Gasteiger partial charge in [-0.1, -0.05) is 13.8 Å². The summed E-state index contributed by atoms with van der Waals surface area (Å²) >= 11 is 0. The number of nitrogens with two attached hydrogens (primary N) is 1. The maximum atomic E-state index is 12.3. The number of likely N-dealkylation sites (tertiary alicyclic amines) is 1. The van der Waals surface area contributed by atoms with Crippen LogP contribution in [0.3, 0.4) is 0 Å². The van der Waals surface area contributed by atoms with Crippen LogP contribution < -0.4 is 5.73 Å². The first kappa shape index (κ1) is 12.0. The van der Waals surface area contributed by atoms with Crippen LogP contribution in [0.5, 0.6) is 0 Å². The molecule has 17 heavy (non-hydrogen) atoms. The van der Waals surface area contributed by atoms with Gasteiger partial charge in [0.2, 0.25) is 0 Å². The summed E-state index contributed by atoms with van der Waals surface area (Å²) in [5.74, 6) is 1.32. The number of piperidine rings is 1. The molecule has 3 nitrogen and oxygen atoms in total. The minimum Gasteiger partial charge on any atom is -0.399 e. The summed E-state index contributed by atoms with van der Waals surface area (Å²) in [5, 5.41) is 0. The van der Waals surface area contributed by atoms with Crippen molar-refractivity contribution in [2.75, 3.05) is 18.8 Å². The normalized spacial score (nSPS) is 24.7. The summed E-state index contributed by atoms with van der Waals surface area (Å²) < 4.78 is 0. The highest BCUT2D eigenvalue weighted by Gasteiger charge is 2.25. The van der Waals surface area contributed by atoms with Gasteiger partial charge in [0.05, 0.1) is 0 Å². The van der Waals surface area contributed by atoms with Gasteiger partial charge in [-0.05, 0) is 42.5 Å². The Labute approximate surface area is 103 Å². The maximum absolute atomic E-state index is 12.3. The zero-order valence-electron chi connectivity index (χ0n) is 10.5. The molecule has 3 heteroatoms. The van der Waals surface area contributed by atoms with Gasteiger partial charge in [-0.15, -0.1) is 0 Å². The Kier molecular flexibility index (Phi) is 3.36. The van der Waals surface area contributed by atoms with Gasteiger partial charge in [0, 0.05) is 24.3 Å². The van der Waals surface area contributed by atoms with Crippen molar-refractivity contribution in [1.29, 1.82) is 0 Å². The Morgan fingerprint density at radius 1 is 1.18 bits per heavy atom. The average molecular weight is 232 g/mol. The molecule has 0 aliphatic carbocycles. The molecule has 0 radical (unpaired) electrons. The molecule has 2 N–H and O–H groups in total. The van der Waals surface area contributed by atoms with E-state index < -0.39 is 0 Å². The van der Waals surface area contributed by atoms with Crippen LogP contribution in [-0.4, -0.2) is 23.9 Å². The first-order valence-electron chi connectivity index (χ1n) is 6.21. The van der Waals surface area contributed by atoms with Crippen molar-refractivity contribution in [1.82, 2.24) is 4.90 Å². The van der Waals surface area contributed by atoms with Gasteiger partial charge >= 0.3 is 0 Å². The van der Waals surface area contributed by atoms with Gasteiger partial charge in [-0.3, -0.25) is 4.79 Å². The van der Waals surface area contributed by atoms with Crippen LogP contribution in [0.2, 0.25) is 0 Å². The number of carbonyl (C=O) groups excluding carboxylic acids is 1. The molecule has 0 spiro atoms. The first-order valence-corrected chi connectivity index (χ1v) is 6.21. The predicted molar refractivity (Wildman–Crippen MR) is 69.7 cm³/mol. The molecular formula is C14H20N2O. The number of hydrogen-bond acceptors (Lipinski definition) is 2. The molecule has 1 aliphatic heterocycles. The van der Waals surface area contributed by atoms with Gasteiger partial charge in [0.25, 0.3) is 5.91 Å². The van der Waals surface area contributed by atoms with Gasteiger partial charge in [-0.25, -0.2) is 0 Å². The summed E-state index contributed by atoms with van der Waals surface area (Å²) in [6.45, 7) is 6.15. The molecule has 1 fully saturated rings. The van der Waals surface area contributed by atoms with Crippen molar-refractivity contribution >= 4 is 11.6 Å². The van der Waals surface area contributed by atoms with Crippen LogP contribution in [0.15, 0.2) is 24.3 Å². The van der Waals surface area contributed by atoms with Crippen molar-refractivity contribution in [3.63, 3.8) is 0 Å². The van der Waals surface area contributed by atoms with Crippen LogP contribution >= 0.6 is 0 Å². The fourth-order valence-corrected chi connectivity index (χ4v) is 2.64. The number of amides is 1. The van der Waals surface area contributed by atoms with Crippen molar-refractivity contribution in [3.05, 3.63) is 29.8 Å². The fourth-order valence-electron chi connectivity index (χ4n) is 2.64. The molecule has 1 aromatic carbocycles. The second kappa shape index (κ2) is 4.78. The molecule has 1 saturated heterocycles. The van der Waals surface area contributed by atoms with E-state index in [0.717, 1.165) is 18.7 Å². The van der Waals surface area contributed by atoms with Crippen molar-refractivity contribution in [3.8, 4) is 0 Å². The van der Waals surface area contributed by atoms with Crippen LogP contribution in [0.1, 0.15) is 30.6 Å². The highest BCUT2D eigenvalue weighted by Crippen LogP contribution is 2.22. The predicted octanol–water partition coefficient (Wildman–Crippen LogP) is 2.39. The molecule has 1 heterocycles. The molecule has 1 aliphatic rings. The van der Waals surface area contributed by atoms with Gasteiger partial charge in [-0.2, -0.15) is 0 Å². The number of hydrogen-bond donors (Lipinski definition) is 1. The monoisotopic (exact) mass is 232 g/mol. The molecule has 0 aromatic heterocycles. The average Bonchev–Trinajstić information content (AvgIpc) is 2.28. The topological polar surface area (TPSA) is 46.3 Å². The molecular weight excluding hydrogens is 212 g/mol. The maximum Gasteiger partial charge on any atom is 0.253 e. The second-order valence-electron chi connectivity index (χ2n) is 5.28. The van der Waals surface area contributed by atoms with E-state index in [1.54, 1.807) is 12.1 Å². The highest BCUT2D eigenvalue weighted by atomic mass is 16.2. The lowest BCUT2D eigenvalue weighted by atomic mass is 9.91. The molecule has 2 unspecified atom stereocenters. The smallest absolute Gasteiger partial charge is 0.253 e. The molecule has 0 saturated carbocycles. The molecule has 0 bridgehead atoms. The minimum atomic E-state index is 0.128. The third-order valence-corrected chi connectivity index (χ3v) is 3.31. The van der Waals surface area contributed by atoms with E-state index in [9.17, 15) is 4.79 Å². The fraction of sp³-hybridized carbons (Fsp3) is 0.500. The largest absolute Gasteiger partial charge is 0.399 e. The Morgan fingerprint density at radius 2 is 1.71 bits per heavy atom. The standard InChI is InChI=1S/C14H20N2O/c1-10-7-11(2)9-16(8-10)14(17)12-3-5-13(15)6-4-12/h3-6,10-11H,7-9,15H2,1-2H3. The number of nitrogens with zero attached hydrogens (tertiary/aromatic N) is 1. The number of benzene rings is 1. The Balaban J connectivity index is 2.11. The Bertz CT molecular complexity index is 389. The quantitative estimate of drug-likeness (QED) is 0.756. The summed E-state index contributed by atoms with van der Waals surface area (Å²) in [4.78, 5) is 14.2. The third-order valence-electron chi connectivity index (χ3n) is 3.31. The minimum absolute atomic E-state index is 0.128. The molecule has 92 valence electrons. The lowest BCUT2D eigenvalue weighted by Crippen LogP contribution is -2.42. The van der Waals surface area contributed by atoms with E-state index in [1.807, 2.05) is 17.0 Å². The third kappa shape index (κ3) is 2.78. The number of carbonyl (C=O) groups is 1. The molecule has 1 aromatic rings. The van der Waals surface area contributed by atoms with Crippen molar-refractivity contribution in [2.45, 2.75) is 20.3 Å². The second-order valence-corrected chi connectivity index (χ2v) is 5.28. The number of rotatable bonds is 1. The number of nitrogen functional groups attached to an aromatic ring is 1. The van der Waals surface area contributed by atoms with Crippen LogP contribution in [-0.2, 0) is 0 Å². The molecule has 2 rings (SSSR count). The van der Waals surface area contributed by atoms with E-state index in [-0.39, 0.29) is 5.91 Å². The Morgan fingerprint density at radius 3 is 2.24 bits per heavy atom. The summed E-state index contributed by atoms with van der Waals surface area (Å²) in [7, 11) is 0. The zero-order valence-corrected chi connectivity index (χ0v) is 10.5. The SMILES string of the molecule is CC1CC(C)CN(C(=O)c2ccc(N)cc2)C1. The van der Waals surface area contributed by atoms with Crippen LogP contribution in [0.25, 0.3) is 0 Å². The number of anilines is 1. The Hall–Kier alpha value is -1.51. The summed E-state index contributed by atoms with van der Waals surface area (Å²) in [6.07, 6.45) is 1.21. The van der Waals surface area contributed by atoms with Crippen LogP contribution in [0.4, 0.5) is 5.69 Å². The van der Waals surface area contributed by atoms with Gasteiger partial charge in [0.15, 0.2) is 0 Å². The van der Waals surface area contributed by atoms with E-state index in [1.165, 1.54) is 6.42 Å². The highest BCUT2D eigenvalue weighted by molar-refractivity contribution is 5.94. The molecule has 1 amide bonds. The van der Waals surface area contributed by atoms with E-state index in [4.69, 9.17) is 5.73 Å². The van der Waals surface area contributed by atoms with Crippen LogP contribution in [0, 0.1) is 11.8 Å². The van der Waals surface area contributed by atoms with Crippen molar-refractivity contribution in [2.24, 2.45) is 11.8 Å².